The average Bonchev–Trinajstić information content (AvgIpc) is 2.88. The molecule has 2 amide bonds. The maximum Gasteiger partial charge on any atom is 0.265 e. The number of amides is 2. The van der Waals surface area contributed by atoms with E-state index in [1.54, 1.807) is 12.1 Å². The lowest BCUT2D eigenvalue weighted by Crippen LogP contribution is -2.34. The molecule has 0 atom stereocenters. The van der Waals surface area contributed by atoms with Crippen molar-refractivity contribution in [1.82, 2.24) is 5.32 Å². The van der Waals surface area contributed by atoms with Crippen LogP contribution < -0.4 is 10.2 Å². The van der Waals surface area contributed by atoms with Gasteiger partial charge >= 0.3 is 0 Å². The van der Waals surface area contributed by atoms with Crippen LogP contribution in [0.1, 0.15) is 52.9 Å². The van der Waals surface area contributed by atoms with Crippen LogP contribution in [0.2, 0.25) is 0 Å². The molecule has 0 aliphatic carbocycles. The number of anilines is 1. The van der Waals surface area contributed by atoms with Gasteiger partial charge in [-0.05, 0) is 81.1 Å². The molecule has 37 heavy (non-hydrogen) atoms. The fourth-order valence-corrected chi connectivity index (χ4v) is 5.20. The number of carbonyl (C=O) groups excluding carboxylic acids is 2. The third-order valence-corrected chi connectivity index (χ3v) is 7.27. The molecule has 192 valence electrons. The Balaban J connectivity index is 1.49. The van der Waals surface area contributed by atoms with E-state index in [2.05, 4.69) is 43.4 Å². The maximum atomic E-state index is 13.6. The molecule has 1 aliphatic rings. The van der Waals surface area contributed by atoms with E-state index in [-0.39, 0.29) is 17.9 Å². The highest BCUT2D eigenvalue weighted by Gasteiger charge is 2.29. The van der Waals surface area contributed by atoms with Gasteiger partial charge in [-0.3, -0.25) is 9.59 Å². The summed E-state index contributed by atoms with van der Waals surface area (Å²) in [6.07, 6.45) is 2.87. The molecule has 3 aromatic rings. The number of ether oxygens (including phenoxy) is 1. The van der Waals surface area contributed by atoms with Crippen LogP contribution in [0.25, 0.3) is 6.08 Å². The predicted molar refractivity (Wildman–Crippen MR) is 152 cm³/mol. The second-order valence-electron chi connectivity index (χ2n) is 9.55. The third kappa shape index (κ3) is 6.90. The summed E-state index contributed by atoms with van der Waals surface area (Å²) in [6, 6.07) is 21.7. The first kappa shape index (κ1) is 26.7. The first-order valence-electron chi connectivity index (χ1n) is 12.7. The summed E-state index contributed by atoms with van der Waals surface area (Å²) in [7, 11) is 0. The maximum absolute atomic E-state index is 13.6. The van der Waals surface area contributed by atoms with Gasteiger partial charge < -0.3 is 15.0 Å². The molecular formula is C31H34N2O3S. The summed E-state index contributed by atoms with van der Waals surface area (Å²) in [5.74, 6) is -0.129. The normalized spacial score (nSPS) is 14.2. The Morgan fingerprint density at radius 2 is 1.81 bits per heavy atom. The molecule has 0 fully saturated rings. The SMILES string of the molecule is Cc1ccc(C)c(CN2C(=O)/C(=C/c3ccc(C(=O)NCCCOC(C)C)cc3)Sc3ccccc32)c1. The summed E-state index contributed by atoms with van der Waals surface area (Å²) in [4.78, 5) is 29.7. The van der Waals surface area contributed by atoms with Crippen molar-refractivity contribution in [2.75, 3.05) is 18.1 Å². The number of fused-ring (bicyclic) bond motifs is 1. The Hall–Kier alpha value is -3.35. The lowest BCUT2D eigenvalue weighted by atomic mass is 10.0. The number of rotatable bonds is 9. The van der Waals surface area contributed by atoms with E-state index in [0.717, 1.165) is 28.1 Å². The zero-order valence-electron chi connectivity index (χ0n) is 21.9. The summed E-state index contributed by atoms with van der Waals surface area (Å²) in [5, 5.41) is 2.93. The molecule has 1 heterocycles. The number of nitrogens with one attached hydrogen (secondary N) is 1. The van der Waals surface area contributed by atoms with Gasteiger partial charge in [0.15, 0.2) is 0 Å². The van der Waals surface area contributed by atoms with Crippen LogP contribution in [-0.2, 0) is 16.1 Å². The van der Waals surface area contributed by atoms with Crippen molar-refractivity contribution in [2.45, 2.75) is 51.7 Å². The van der Waals surface area contributed by atoms with E-state index in [1.807, 2.05) is 55.2 Å². The highest BCUT2D eigenvalue weighted by molar-refractivity contribution is 8.04. The van der Waals surface area contributed by atoms with E-state index in [0.29, 0.717) is 30.2 Å². The molecule has 6 heteroatoms. The van der Waals surface area contributed by atoms with Crippen LogP contribution in [0.4, 0.5) is 5.69 Å². The second-order valence-corrected chi connectivity index (χ2v) is 10.6. The zero-order chi connectivity index (χ0) is 26.4. The van der Waals surface area contributed by atoms with Crippen LogP contribution in [0.5, 0.6) is 0 Å². The fourth-order valence-electron chi connectivity index (χ4n) is 4.14. The number of para-hydroxylation sites is 1. The van der Waals surface area contributed by atoms with Crippen LogP contribution in [0.3, 0.4) is 0 Å². The Labute approximate surface area is 223 Å². The molecule has 0 saturated heterocycles. The van der Waals surface area contributed by atoms with Crippen LogP contribution in [-0.4, -0.2) is 31.1 Å². The number of benzene rings is 3. The summed E-state index contributed by atoms with van der Waals surface area (Å²) in [6.45, 7) is 9.85. The molecule has 5 nitrogen and oxygen atoms in total. The minimum absolute atomic E-state index is 0.0185. The van der Waals surface area contributed by atoms with E-state index >= 15 is 0 Å². The van der Waals surface area contributed by atoms with Gasteiger partial charge in [0.25, 0.3) is 11.8 Å². The molecule has 1 N–H and O–H groups in total. The number of carbonyl (C=O) groups is 2. The highest BCUT2D eigenvalue weighted by atomic mass is 32.2. The van der Waals surface area contributed by atoms with Gasteiger partial charge in [-0.2, -0.15) is 0 Å². The molecule has 0 saturated carbocycles. The van der Waals surface area contributed by atoms with Crippen molar-refractivity contribution in [2.24, 2.45) is 0 Å². The lowest BCUT2D eigenvalue weighted by Gasteiger charge is -2.31. The predicted octanol–water partition coefficient (Wildman–Crippen LogP) is 6.53. The lowest BCUT2D eigenvalue weighted by molar-refractivity contribution is -0.114. The van der Waals surface area contributed by atoms with Crippen molar-refractivity contribution in [3.63, 3.8) is 0 Å². The molecule has 4 rings (SSSR count). The molecule has 1 aliphatic heterocycles. The smallest absolute Gasteiger partial charge is 0.265 e. The van der Waals surface area contributed by atoms with Crippen LogP contribution in [0.15, 0.2) is 76.5 Å². The van der Waals surface area contributed by atoms with E-state index in [1.165, 1.54) is 22.9 Å². The molecule has 0 unspecified atom stereocenters. The van der Waals surface area contributed by atoms with Gasteiger partial charge in [0.1, 0.15) is 0 Å². The van der Waals surface area contributed by atoms with E-state index in [4.69, 9.17) is 4.74 Å². The van der Waals surface area contributed by atoms with Gasteiger partial charge in [-0.1, -0.05) is 59.8 Å². The summed E-state index contributed by atoms with van der Waals surface area (Å²) >= 11 is 1.49. The molecule has 0 radical (unpaired) electrons. The number of hydrogen-bond acceptors (Lipinski definition) is 4. The first-order chi connectivity index (χ1) is 17.8. The minimum atomic E-state index is -0.111. The van der Waals surface area contributed by atoms with Crippen molar-refractivity contribution in [1.29, 1.82) is 0 Å². The number of nitrogens with zero attached hydrogens (tertiary/aromatic N) is 1. The van der Waals surface area contributed by atoms with Crippen molar-refractivity contribution in [3.05, 3.63) is 99.5 Å². The van der Waals surface area contributed by atoms with E-state index in [9.17, 15) is 9.59 Å². The van der Waals surface area contributed by atoms with Crippen molar-refractivity contribution in [3.8, 4) is 0 Å². The number of hydrogen-bond donors (Lipinski definition) is 1. The standard InChI is InChI=1S/C31H34N2O3S/c1-21(2)36-17-7-16-32-30(34)25-14-12-24(13-15-25)19-29-31(35)33(27-8-5-6-9-28(27)37-29)20-26-18-22(3)10-11-23(26)4/h5-6,8-15,18-19,21H,7,16-17,20H2,1-4H3,(H,32,34)/b29-19-. The average molecular weight is 515 g/mol. The number of thioether (sulfide) groups is 1. The number of aryl methyl sites for hydroxylation is 2. The first-order valence-corrected chi connectivity index (χ1v) is 13.5. The Morgan fingerprint density at radius 1 is 1.05 bits per heavy atom. The van der Waals surface area contributed by atoms with Crippen LogP contribution >= 0.6 is 11.8 Å². The van der Waals surface area contributed by atoms with Gasteiger partial charge in [0, 0.05) is 23.6 Å². The largest absolute Gasteiger partial charge is 0.379 e. The Kier molecular flexibility index (Phi) is 8.85. The van der Waals surface area contributed by atoms with Gasteiger partial charge in [-0.15, -0.1) is 0 Å². The van der Waals surface area contributed by atoms with Gasteiger partial charge in [0.05, 0.1) is 23.2 Å². The quantitative estimate of drug-likeness (QED) is 0.261. The molecule has 3 aromatic carbocycles. The zero-order valence-corrected chi connectivity index (χ0v) is 22.7. The van der Waals surface area contributed by atoms with Crippen LogP contribution in [0, 0.1) is 13.8 Å². The topological polar surface area (TPSA) is 58.6 Å². The molecular weight excluding hydrogens is 480 g/mol. The summed E-state index contributed by atoms with van der Waals surface area (Å²) in [5.41, 5.74) is 5.89. The monoisotopic (exact) mass is 514 g/mol. The second kappa shape index (κ2) is 12.3. The summed E-state index contributed by atoms with van der Waals surface area (Å²) < 4.78 is 5.51. The third-order valence-electron chi connectivity index (χ3n) is 6.19. The Bertz CT molecular complexity index is 1300. The van der Waals surface area contributed by atoms with Gasteiger partial charge in [0.2, 0.25) is 0 Å². The minimum Gasteiger partial charge on any atom is -0.379 e. The Morgan fingerprint density at radius 3 is 2.57 bits per heavy atom. The molecule has 0 bridgehead atoms. The molecule has 0 spiro atoms. The molecule has 0 aromatic heterocycles. The van der Waals surface area contributed by atoms with E-state index < -0.39 is 0 Å². The van der Waals surface area contributed by atoms with Gasteiger partial charge in [-0.25, -0.2) is 0 Å². The highest BCUT2D eigenvalue weighted by Crippen LogP contribution is 2.42. The van der Waals surface area contributed by atoms with Crippen molar-refractivity contribution < 1.29 is 14.3 Å². The fraction of sp³-hybridized carbons (Fsp3) is 0.290. The van der Waals surface area contributed by atoms with Crippen molar-refractivity contribution >= 4 is 35.3 Å².